The van der Waals surface area contributed by atoms with Crippen LogP contribution in [0.15, 0.2) is 76.0 Å². The minimum atomic E-state index is -3.63. The van der Waals surface area contributed by atoms with E-state index in [-0.39, 0.29) is 9.79 Å². The first-order valence-corrected chi connectivity index (χ1v) is 10.8. The van der Waals surface area contributed by atoms with E-state index in [1.165, 1.54) is 22.6 Å². The molecule has 1 aromatic heterocycles. The lowest BCUT2D eigenvalue weighted by Crippen LogP contribution is -2.18. The standard InChI is InChI=1S/C21H16N2O2S2/c22-13-17-2-1-3-20(12-17)27(24,25)19-6-4-16(5-7-19)14-23-10-8-18-9-11-26-21(18)15-23/h1-12H,14-15H2. The summed E-state index contributed by atoms with van der Waals surface area (Å²) in [6.07, 6.45) is 4.18. The summed E-state index contributed by atoms with van der Waals surface area (Å²) in [5.74, 6) is 0. The number of rotatable bonds is 4. The smallest absolute Gasteiger partial charge is 0.206 e. The van der Waals surface area contributed by atoms with E-state index in [1.54, 1.807) is 35.6 Å². The Bertz CT molecular complexity index is 1150. The Balaban J connectivity index is 1.53. The van der Waals surface area contributed by atoms with E-state index in [9.17, 15) is 8.42 Å². The summed E-state index contributed by atoms with van der Waals surface area (Å²) in [6, 6.07) is 17.1. The van der Waals surface area contributed by atoms with Crippen LogP contribution < -0.4 is 0 Å². The molecule has 0 radical (unpaired) electrons. The Morgan fingerprint density at radius 2 is 1.89 bits per heavy atom. The number of nitriles is 1. The second-order valence-electron chi connectivity index (χ2n) is 6.31. The van der Waals surface area contributed by atoms with Gasteiger partial charge in [0.25, 0.3) is 0 Å². The summed E-state index contributed by atoms with van der Waals surface area (Å²) in [4.78, 5) is 3.92. The molecular weight excluding hydrogens is 376 g/mol. The van der Waals surface area contributed by atoms with Crippen molar-refractivity contribution in [2.24, 2.45) is 0 Å². The second-order valence-corrected chi connectivity index (χ2v) is 9.26. The first kappa shape index (κ1) is 17.5. The van der Waals surface area contributed by atoms with Gasteiger partial charge in [0, 0.05) is 17.6 Å². The molecule has 0 unspecified atom stereocenters. The number of sulfone groups is 1. The fraction of sp³-hybridized carbons (Fsp3) is 0.0952. The van der Waals surface area contributed by atoms with Crippen LogP contribution in [-0.2, 0) is 22.9 Å². The lowest BCUT2D eigenvalue weighted by atomic mass is 10.1. The molecule has 4 rings (SSSR count). The van der Waals surface area contributed by atoms with Gasteiger partial charge in [-0.15, -0.1) is 11.3 Å². The van der Waals surface area contributed by atoms with Crippen LogP contribution in [0.3, 0.4) is 0 Å². The lowest BCUT2D eigenvalue weighted by molar-refractivity contribution is 0.363. The van der Waals surface area contributed by atoms with E-state index in [2.05, 4.69) is 28.6 Å². The third kappa shape index (κ3) is 3.52. The highest BCUT2D eigenvalue weighted by Gasteiger charge is 2.18. The summed E-state index contributed by atoms with van der Waals surface area (Å²) in [5.41, 5.74) is 2.65. The zero-order chi connectivity index (χ0) is 18.9. The number of hydrogen-bond acceptors (Lipinski definition) is 5. The van der Waals surface area contributed by atoms with Crippen molar-refractivity contribution in [2.75, 3.05) is 0 Å². The molecule has 134 valence electrons. The normalized spacial score (nSPS) is 13.2. The van der Waals surface area contributed by atoms with Crippen molar-refractivity contribution in [3.05, 3.63) is 87.7 Å². The molecule has 1 aliphatic rings. The third-order valence-electron chi connectivity index (χ3n) is 4.48. The molecule has 0 aliphatic carbocycles. The van der Waals surface area contributed by atoms with E-state index >= 15 is 0 Å². The van der Waals surface area contributed by atoms with Crippen molar-refractivity contribution in [3.8, 4) is 6.07 Å². The second kappa shape index (κ2) is 7.03. The van der Waals surface area contributed by atoms with Crippen LogP contribution in [-0.4, -0.2) is 13.3 Å². The van der Waals surface area contributed by atoms with Crippen molar-refractivity contribution >= 4 is 27.3 Å². The molecule has 1 aliphatic heterocycles. The van der Waals surface area contributed by atoms with Crippen LogP contribution in [0, 0.1) is 11.3 Å². The molecule has 2 heterocycles. The van der Waals surface area contributed by atoms with Gasteiger partial charge in [-0.3, -0.25) is 0 Å². The highest BCUT2D eigenvalue weighted by atomic mass is 32.2. The van der Waals surface area contributed by atoms with Gasteiger partial charge < -0.3 is 4.90 Å². The van der Waals surface area contributed by atoms with Crippen LogP contribution in [0.2, 0.25) is 0 Å². The molecule has 0 atom stereocenters. The number of benzene rings is 2. The molecule has 3 aromatic rings. The fourth-order valence-electron chi connectivity index (χ4n) is 3.04. The predicted octanol–water partition coefficient (Wildman–Crippen LogP) is 4.44. The summed E-state index contributed by atoms with van der Waals surface area (Å²) >= 11 is 1.75. The van der Waals surface area contributed by atoms with E-state index in [0.29, 0.717) is 5.56 Å². The Kier molecular flexibility index (Phi) is 4.56. The van der Waals surface area contributed by atoms with Gasteiger partial charge in [-0.1, -0.05) is 18.2 Å². The molecule has 0 spiro atoms. The fourth-order valence-corrected chi connectivity index (χ4v) is 5.23. The Labute approximate surface area is 162 Å². The van der Waals surface area contributed by atoms with Crippen LogP contribution in [0.4, 0.5) is 0 Å². The number of thiophene rings is 1. The number of hydrogen-bond donors (Lipinski definition) is 0. The maximum absolute atomic E-state index is 12.8. The van der Waals surface area contributed by atoms with Gasteiger partial charge in [0.05, 0.1) is 28.0 Å². The average Bonchev–Trinajstić information content (AvgIpc) is 3.16. The van der Waals surface area contributed by atoms with E-state index in [1.807, 2.05) is 18.2 Å². The Morgan fingerprint density at radius 3 is 2.67 bits per heavy atom. The van der Waals surface area contributed by atoms with Gasteiger partial charge in [-0.2, -0.15) is 5.26 Å². The summed E-state index contributed by atoms with van der Waals surface area (Å²) in [6.45, 7) is 1.59. The van der Waals surface area contributed by atoms with Crippen LogP contribution in [0.25, 0.3) is 6.08 Å². The van der Waals surface area contributed by atoms with E-state index in [0.717, 1.165) is 18.7 Å². The molecule has 0 fully saturated rings. The Morgan fingerprint density at radius 1 is 1.07 bits per heavy atom. The van der Waals surface area contributed by atoms with Crippen molar-refractivity contribution in [1.82, 2.24) is 4.90 Å². The first-order valence-electron chi connectivity index (χ1n) is 8.39. The van der Waals surface area contributed by atoms with E-state index in [4.69, 9.17) is 5.26 Å². The Hall–Kier alpha value is -2.88. The van der Waals surface area contributed by atoms with Gasteiger partial charge in [-0.25, -0.2) is 8.42 Å². The van der Waals surface area contributed by atoms with E-state index < -0.39 is 9.84 Å². The van der Waals surface area contributed by atoms with Gasteiger partial charge >= 0.3 is 0 Å². The first-order chi connectivity index (χ1) is 13.1. The van der Waals surface area contributed by atoms with Gasteiger partial charge in [0.15, 0.2) is 0 Å². The van der Waals surface area contributed by atoms with Crippen LogP contribution in [0.5, 0.6) is 0 Å². The van der Waals surface area contributed by atoms with Crippen molar-refractivity contribution < 1.29 is 8.42 Å². The molecular formula is C21H16N2O2S2. The minimum absolute atomic E-state index is 0.137. The average molecular weight is 393 g/mol. The molecule has 6 heteroatoms. The minimum Gasteiger partial charge on any atom is -0.368 e. The summed E-state index contributed by atoms with van der Waals surface area (Å²) < 4.78 is 25.6. The number of nitrogens with zero attached hydrogens (tertiary/aromatic N) is 2. The molecule has 0 N–H and O–H groups in total. The maximum atomic E-state index is 12.8. The molecule has 0 amide bonds. The quantitative estimate of drug-likeness (QED) is 0.659. The molecule has 0 saturated carbocycles. The lowest BCUT2D eigenvalue weighted by Gasteiger charge is -2.23. The van der Waals surface area contributed by atoms with Crippen molar-refractivity contribution in [2.45, 2.75) is 22.9 Å². The molecule has 4 nitrogen and oxygen atoms in total. The third-order valence-corrected chi connectivity index (χ3v) is 7.17. The van der Waals surface area contributed by atoms with Gasteiger partial charge in [-0.05, 0) is 59.0 Å². The zero-order valence-electron chi connectivity index (χ0n) is 14.4. The zero-order valence-corrected chi connectivity index (χ0v) is 16.0. The van der Waals surface area contributed by atoms with Crippen LogP contribution >= 0.6 is 11.3 Å². The predicted molar refractivity (Wildman–Crippen MR) is 106 cm³/mol. The van der Waals surface area contributed by atoms with Crippen LogP contribution in [0.1, 0.15) is 21.6 Å². The summed E-state index contributed by atoms with van der Waals surface area (Å²) in [7, 11) is -3.63. The topological polar surface area (TPSA) is 61.2 Å². The highest BCUT2D eigenvalue weighted by molar-refractivity contribution is 7.91. The monoisotopic (exact) mass is 392 g/mol. The highest BCUT2D eigenvalue weighted by Crippen LogP contribution is 2.26. The molecule has 2 aromatic carbocycles. The molecule has 27 heavy (non-hydrogen) atoms. The van der Waals surface area contributed by atoms with Gasteiger partial charge in [0.2, 0.25) is 9.84 Å². The van der Waals surface area contributed by atoms with Crippen molar-refractivity contribution in [3.63, 3.8) is 0 Å². The SMILES string of the molecule is N#Cc1cccc(S(=O)(=O)c2ccc(CN3C=Cc4ccsc4C3)cc2)c1. The summed E-state index contributed by atoms with van der Waals surface area (Å²) in [5, 5.41) is 11.1. The maximum Gasteiger partial charge on any atom is 0.206 e. The van der Waals surface area contributed by atoms with Crippen molar-refractivity contribution in [1.29, 1.82) is 5.26 Å². The van der Waals surface area contributed by atoms with Gasteiger partial charge in [0.1, 0.15) is 0 Å². The molecule has 0 saturated heterocycles. The largest absolute Gasteiger partial charge is 0.368 e. The number of fused-ring (bicyclic) bond motifs is 1. The molecule has 0 bridgehead atoms.